The zero-order chi connectivity index (χ0) is 11.4. The second-order valence-corrected chi connectivity index (χ2v) is 5.03. The lowest BCUT2D eigenvalue weighted by Crippen LogP contribution is -2.31. The van der Waals surface area contributed by atoms with E-state index in [1.54, 1.807) is 0 Å². The van der Waals surface area contributed by atoms with Gasteiger partial charge in [-0.3, -0.25) is 0 Å². The van der Waals surface area contributed by atoms with Crippen molar-refractivity contribution in [3.05, 3.63) is 34.9 Å². The first-order valence-corrected chi connectivity index (χ1v) is 6.68. The highest BCUT2D eigenvalue weighted by atomic mass is 35.5. The van der Waals surface area contributed by atoms with Crippen LogP contribution < -0.4 is 5.32 Å². The van der Waals surface area contributed by atoms with E-state index >= 15 is 0 Å². The quantitative estimate of drug-likeness (QED) is 0.836. The van der Waals surface area contributed by atoms with Crippen molar-refractivity contribution in [3.8, 4) is 0 Å². The Kier molecular flexibility index (Phi) is 4.25. The molecule has 1 fully saturated rings. The van der Waals surface area contributed by atoms with Crippen LogP contribution in [0.4, 0.5) is 0 Å². The number of benzene rings is 1. The smallest absolute Gasteiger partial charge is 0.0441 e. The van der Waals surface area contributed by atoms with Crippen LogP contribution in [0, 0.1) is 0 Å². The molecule has 0 aliphatic heterocycles. The van der Waals surface area contributed by atoms with Crippen LogP contribution in [0.2, 0.25) is 5.02 Å². The molecular weight excluding hydrogens is 218 g/mol. The normalized spacial score (nSPS) is 24.9. The van der Waals surface area contributed by atoms with Crippen LogP contribution in [0.3, 0.4) is 0 Å². The second-order valence-electron chi connectivity index (χ2n) is 4.62. The summed E-state index contributed by atoms with van der Waals surface area (Å²) in [6.45, 7) is 3.33. The molecule has 1 aromatic carbocycles. The van der Waals surface area contributed by atoms with Gasteiger partial charge in [-0.1, -0.05) is 43.1 Å². The van der Waals surface area contributed by atoms with E-state index in [-0.39, 0.29) is 0 Å². The van der Waals surface area contributed by atoms with Crippen LogP contribution in [-0.2, 0) is 0 Å². The lowest BCUT2D eigenvalue weighted by molar-refractivity contribution is 0.479. The first-order valence-electron chi connectivity index (χ1n) is 6.30. The van der Waals surface area contributed by atoms with Gasteiger partial charge in [0.25, 0.3) is 0 Å². The highest BCUT2D eigenvalue weighted by Crippen LogP contribution is 2.37. The first-order chi connectivity index (χ1) is 7.83. The molecule has 0 radical (unpaired) electrons. The van der Waals surface area contributed by atoms with Crippen LogP contribution in [0.5, 0.6) is 0 Å². The van der Waals surface area contributed by atoms with Crippen molar-refractivity contribution in [1.29, 1.82) is 0 Å². The predicted molar refractivity (Wildman–Crippen MR) is 70.1 cm³/mol. The third-order valence-corrected chi connectivity index (χ3v) is 3.82. The molecule has 88 valence electrons. The zero-order valence-corrected chi connectivity index (χ0v) is 10.6. The van der Waals surface area contributed by atoms with Crippen LogP contribution in [-0.4, -0.2) is 12.6 Å². The second kappa shape index (κ2) is 5.70. The Balaban J connectivity index is 2.10. The maximum atomic E-state index is 6.28. The maximum absolute atomic E-state index is 6.28. The largest absolute Gasteiger partial charge is 0.313 e. The van der Waals surface area contributed by atoms with Gasteiger partial charge in [-0.15, -0.1) is 0 Å². The fraction of sp³-hybridized carbons (Fsp3) is 0.571. The van der Waals surface area contributed by atoms with Gasteiger partial charge in [0, 0.05) is 17.0 Å². The topological polar surface area (TPSA) is 12.0 Å². The number of halogens is 1. The Morgan fingerprint density at radius 1 is 1.31 bits per heavy atom. The van der Waals surface area contributed by atoms with Crippen molar-refractivity contribution >= 4 is 11.6 Å². The molecule has 0 heterocycles. The minimum absolute atomic E-state index is 0.611. The zero-order valence-electron chi connectivity index (χ0n) is 9.88. The van der Waals surface area contributed by atoms with Gasteiger partial charge in [0.2, 0.25) is 0 Å². The molecule has 2 atom stereocenters. The average Bonchev–Trinajstić information content (AvgIpc) is 2.75. The van der Waals surface area contributed by atoms with Crippen molar-refractivity contribution in [2.24, 2.45) is 0 Å². The van der Waals surface area contributed by atoms with Crippen LogP contribution in [0.15, 0.2) is 24.3 Å². The summed E-state index contributed by atoms with van der Waals surface area (Å²) in [4.78, 5) is 0. The Hall–Kier alpha value is -0.530. The summed E-state index contributed by atoms with van der Waals surface area (Å²) in [5.74, 6) is 0.611. The van der Waals surface area contributed by atoms with Crippen molar-refractivity contribution in [3.63, 3.8) is 0 Å². The third kappa shape index (κ3) is 2.58. The molecule has 2 unspecified atom stereocenters. The van der Waals surface area contributed by atoms with Crippen molar-refractivity contribution in [2.75, 3.05) is 6.54 Å². The summed E-state index contributed by atoms with van der Waals surface area (Å²) in [7, 11) is 0. The predicted octanol–water partition coefficient (Wildman–Crippen LogP) is 3.98. The Morgan fingerprint density at radius 2 is 2.12 bits per heavy atom. The van der Waals surface area contributed by atoms with Crippen LogP contribution >= 0.6 is 11.6 Å². The SMILES string of the molecule is CCCNC1CCCC1c1ccccc1Cl. The molecule has 0 bridgehead atoms. The van der Waals surface area contributed by atoms with Gasteiger partial charge in [-0.25, -0.2) is 0 Å². The van der Waals surface area contributed by atoms with Crippen molar-refractivity contribution in [1.82, 2.24) is 5.32 Å². The first kappa shape index (κ1) is 11.9. The molecule has 1 aromatic rings. The maximum Gasteiger partial charge on any atom is 0.0441 e. The molecule has 0 amide bonds. The van der Waals surface area contributed by atoms with Crippen molar-refractivity contribution in [2.45, 2.75) is 44.6 Å². The number of rotatable bonds is 4. The Labute approximate surface area is 103 Å². The average molecular weight is 238 g/mol. The fourth-order valence-electron chi connectivity index (χ4n) is 2.68. The standard InChI is InChI=1S/C14H20ClN/c1-2-10-16-14-9-5-7-12(14)11-6-3-4-8-13(11)15/h3-4,6,8,12,14,16H,2,5,7,9-10H2,1H3. The molecule has 16 heavy (non-hydrogen) atoms. The number of hydrogen-bond acceptors (Lipinski definition) is 1. The minimum Gasteiger partial charge on any atom is -0.313 e. The van der Waals surface area contributed by atoms with Gasteiger partial charge in [-0.2, -0.15) is 0 Å². The van der Waals surface area contributed by atoms with E-state index in [1.807, 2.05) is 12.1 Å². The molecule has 1 saturated carbocycles. The van der Waals surface area contributed by atoms with E-state index in [2.05, 4.69) is 24.4 Å². The van der Waals surface area contributed by atoms with Crippen molar-refractivity contribution < 1.29 is 0 Å². The van der Waals surface area contributed by atoms with Gasteiger partial charge in [0.15, 0.2) is 0 Å². The molecule has 0 aromatic heterocycles. The van der Waals surface area contributed by atoms with Gasteiger partial charge >= 0.3 is 0 Å². The van der Waals surface area contributed by atoms with E-state index in [4.69, 9.17) is 11.6 Å². The van der Waals surface area contributed by atoms with Crippen LogP contribution in [0.1, 0.15) is 44.1 Å². The molecule has 1 aliphatic rings. The van der Waals surface area contributed by atoms with Gasteiger partial charge in [0.1, 0.15) is 0 Å². The third-order valence-electron chi connectivity index (χ3n) is 3.48. The van der Waals surface area contributed by atoms with E-state index in [0.29, 0.717) is 12.0 Å². The summed E-state index contributed by atoms with van der Waals surface area (Å²) in [6, 6.07) is 8.91. The summed E-state index contributed by atoms with van der Waals surface area (Å²) in [5.41, 5.74) is 1.33. The molecule has 0 spiro atoms. The van der Waals surface area contributed by atoms with E-state index in [0.717, 1.165) is 11.6 Å². The monoisotopic (exact) mass is 237 g/mol. The molecule has 1 nitrogen and oxygen atoms in total. The summed E-state index contributed by atoms with van der Waals surface area (Å²) < 4.78 is 0. The molecule has 0 saturated heterocycles. The minimum atomic E-state index is 0.611. The van der Waals surface area contributed by atoms with E-state index in [1.165, 1.54) is 31.2 Å². The molecule has 1 N–H and O–H groups in total. The Morgan fingerprint density at radius 3 is 2.88 bits per heavy atom. The van der Waals surface area contributed by atoms with Gasteiger partial charge in [0.05, 0.1) is 0 Å². The highest BCUT2D eigenvalue weighted by Gasteiger charge is 2.28. The summed E-state index contributed by atoms with van der Waals surface area (Å²) in [6.07, 6.45) is 5.07. The Bertz CT molecular complexity index is 337. The van der Waals surface area contributed by atoms with E-state index < -0.39 is 0 Å². The number of nitrogens with one attached hydrogen (secondary N) is 1. The van der Waals surface area contributed by atoms with E-state index in [9.17, 15) is 0 Å². The summed E-state index contributed by atoms with van der Waals surface area (Å²) >= 11 is 6.28. The van der Waals surface area contributed by atoms with Gasteiger partial charge < -0.3 is 5.32 Å². The molecular formula is C14H20ClN. The lowest BCUT2D eigenvalue weighted by atomic mass is 9.94. The lowest BCUT2D eigenvalue weighted by Gasteiger charge is -2.22. The molecule has 2 rings (SSSR count). The van der Waals surface area contributed by atoms with Gasteiger partial charge in [-0.05, 0) is 37.4 Å². The fourth-order valence-corrected chi connectivity index (χ4v) is 2.96. The molecule has 1 aliphatic carbocycles. The number of hydrogen-bond donors (Lipinski definition) is 1. The van der Waals surface area contributed by atoms with Crippen LogP contribution in [0.25, 0.3) is 0 Å². The summed E-state index contributed by atoms with van der Waals surface area (Å²) in [5, 5.41) is 4.58. The molecule has 2 heteroatoms. The highest BCUT2D eigenvalue weighted by molar-refractivity contribution is 6.31.